The molecular formula is C13H19FN4O3. The van der Waals surface area contributed by atoms with E-state index in [1.54, 1.807) is 0 Å². The lowest BCUT2D eigenvalue weighted by Gasteiger charge is -2.15. The van der Waals surface area contributed by atoms with Gasteiger partial charge in [0.2, 0.25) is 0 Å². The van der Waals surface area contributed by atoms with Gasteiger partial charge in [0.25, 0.3) is 0 Å². The molecule has 0 amide bonds. The van der Waals surface area contributed by atoms with Gasteiger partial charge in [-0.3, -0.25) is 4.57 Å². The molecule has 1 saturated heterocycles. The summed E-state index contributed by atoms with van der Waals surface area (Å²) in [5.41, 5.74) is 5.40. The van der Waals surface area contributed by atoms with Crippen molar-refractivity contribution in [3.05, 3.63) is 22.5 Å². The van der Waals surface area contributed by atoms with E-state index in [1.807, 2.05) is 20.8 Å². The van der Waals surface area contributed by atoms with Crippen molar-refractivity contribution < 1.29 is 14.0 Å². The van der Waals surface area contributed by atoms with Crippen LogP contribution in [0.1, 0.15) is 39.8 Å². The van der Waals surface area contributed by atoms with E-state index in [0.29, 0.717) is 12.8 Å². The molecule has 21 heavy (non-hydrogen) atoms. The Hall–Kier alpha value is -1.96. The van der Waals surface area contributed by atoms with Gasteiger partial charge in [-0.25, -0.2) is 9.18 Å². The number of hydrogen-bond donors (Lipinski definition) is 1. The van der Waals surface area contributed by atoms with Gasteiger partial charge in [-0.2, -0.15) is 4.98 Å². The standard InChI is InChI=1S/C13H19FN4O3/c1-4-9-10(21-17-7(2)3)5-11(20-9)18-6-8(14)12(15)16-13(18)19/h6,9-11H,4-5H2,1-3H3,(H2,15,16,19)/t9-,10?,11-/m1/s1. The van der Waals surface area contributed by atoms with E-state index < -0.39 is 23.6 Å². The van der Waals surface area contributed by atoms with Crippen LogP contribution in [0.25, 0.3) is 0 Å². The van der Waals surface area contributed by atoms with Crippen molar-refractivity contribution in [1.82, 2.24) is 9.55 Å². The lowest BCUT2D eigenvalue weighted by atomic mass is 10.1. The topological polar surface area (TPSA) is 91.7 Å². The van der Waals surface area contributed by atoms with Crippen molar-refractivity contribution in [2.24, 2.45) is 5.16 Å². The minimum Gasteiger partial charge on any atom is -0.390 e. The minimum absolute atomic E-state index is 0.217. The summed E-state index contributed by atoms with van der Waals surface area (Å²) in [6, 6.07) is 0. The number of hydrogen-bond acceptors (Lipinski definition) is 6. The second-order valence-corrected chi connectivity index (χ2v) is 5.12. The Bertz CT molecular complexity index is 598. The number of rotatable bonds is 4. The molecule has 7 nitrogen and oxygen atoms in total. The fraction of sp³-hybridized carbons (Fsp3) is 0.615. The highest BCUT2D eigenvalue weighted by atomic mass is 19.1. The maximum absolute atomic E-state index is 13.5. The molecule has 8 heteroatoms. The highest BCUT2D eigenvalue weighted by Crippen LogP contribution is 2.31. The average molecular weight is 298 g/mol. The average Bonchev–Trinajstić information content (AvgIpc) is 2.83. The zero-order valence-electron chi connectivity index (χ0n) is 12.2. The predicted octanol–water partition coefficient (Wildman–Crippen LogP) is 1.44. The van der Waals surface area contributed by atoms with E-state index in [2.05, 4.69) is 10.1 Å². The molecule has 0 saturated carbocycles. The lowest BCUT2D eigenvalue weighted by Crippen LogP contribution is -2.28. The molecular weight excluding hydrogens is 279 g/mol. The second kappa shape index (κ2) is 6.21. The van der Waals surface area contributed by atoms with Crippen LogP contribution in [0.2, 0.25) is 0 Å². The highest BCUT2D eigenvalue weighted by Gasteiger charge is 2.37. The molecule has 3 atom stereocenters. The summed E-state index contributed by atoms with van der Waals surface area (Å²) in [6.45, 7) is 5.58. The number of ether oxygens (including phenoxy) is 1. The van der Waals surface area contributed by atoms with Gasteiger partial charge < -0.3 is 15.3 Å². The monoisotopic (exact) mass is 298 g/mol. The van der Waals surface area contributed by atoms with Crippen LogP contribution in [-0.4, -0.2) is 27.5 Å². The number of anilines is 1. The molecule has 1 aliphatic rings. The molecule has 1 unspecified atom stereocenters. The van der Waals surface area contributed by atoms with Gasteiger partial charge in [-0.05, 0) is 20.3 Å². The molecule has 2 heterocycles. The van der Waals surface area contributed by atoms with Crippen molar-refractivity contribution in [3.63, 3.8) is 0 Å². The van der Waals surface area contributed by atoms with Crippen molar-refractivity contribution >= 4 is 11.5 Å². The molecule has 0 radical (unpaired) electrons. The maximum Gasteiger partial charge on any atom is 0.351 e. The fourth-order valence-corrected chi connectivity index (χ4v) is 2.18. The van der Waals surface area contributed by atoms with Crippen LogP contribution >= 0.6 is 0 Å². The van der Waals surface area contributed by atoms with Gasteiger partial charge in [0.15, 0.2) is 17.7 Å². The maximum atomic E-state index is 13.5. The number of nitrogen functional groups attached to an aromatic ring is 1. The smallest absolute Gasteiger partial charge is 0.351 e. The van der Waals surface area contributed by atoms with E-state index >= 15 is 0 Å². The third-order valence-corrected chi connectivity index (χ3v) is 3.20. The van der Waals surface area contributed by atoms with Crippen molar-refractivity contribution in [1.29, 1.82) is 0 Å². The van der Waals surface area contributed by atoms with E-state index in [-0.39, 0.29) is 12.2 Å². The summed E-state index contributed by atoms with van der Waals surface area (Å²) < 4.78 is 20.3. The first kappa shape index (κ1) is 15.4. The zero-order valence-corrected chi connectivity index (χ0v) is 12.2. The Kier molecular flexibility index (Phi) is 4.56. The summed E-state index contributed by atoms with van der Waals surface area (Å²) in [6.07, 6.45) is 0.952. The summed E-state index contributed by atoms with van der Waals surface area (Å²) in [5.74, 6) is -1.17. The molecule has 1 aliphatic heterocycles. The minimum atomic E-state index is -0.752. The van der Waals surface area contributed by atoms with Gasteiger partial charge in [-0.15, -0.1) is 0 Å². The Labute approximate surface area is 121 Å². The van der Waals surface area contributed by atoms with Crippen LogP contribution in [-0.2, 0) is 9.57 Å². The van der Waals surface area contributed by atoms with Crippen LogP contribution in [0.15, 0.2) is 16.1 Å². The number of nitrogens with zero attached hydrogens (tertiary/aromatic N) is 3. The van der Waals surface area contributed by atoms with Crippen LogP contribution in [0.3, 0.4) is 0 Å². The number of aromatic nitrogens is 2. The normalized spacial score (nSPS) is 24.9. The van der Waals surface area contributed by atoms with Crippen molar-refractivity contribution in [2.45, 2.75) is 52.0 Å². The fourth-order valence-electron chi connectivity index (χ4n) is 2.18. The molecule has 0 aliphatic carbocycles. The van der Waals surface area contributed by atoms with Gasteiger partial charge in [-0.1, -0.05) is 12.1 Å². The molecule has 0 spiro atoms. The Balaban J connectivity index is 2.21. The molecule has 1 fully saturated rings. The summed E-state index contributed by atoms with van der Waals surface area (Å²) >= 11 is 0. The molecule has 2 N–H and O–H groups in total. The molecule has 0 bridgehead atoms. The summed E-state index contributed by atoms with van der Waals surface area (Å²) in [7, 11) is 0. The van der Waals surface area contributed by atoms with Crippen LogP contribution in [0, 0.1) is 5.82 Å². The molecule has 2 rings (SSSR count). The van der Waals surface area contributed by atoms with Crippen LogP contribution in [0.4, 0.5) is 10.2 Å². The third kappa shape index (κ3) is 3.38. The van der Waals surface area contributed by atoms with Crippen molar-refractivity contribution in [2.75, 3.05) is 5.73 Å². The van der Waals surface area contributed by atoms with Crippen LogP contribution in [0.5, 0.6) is 0 Å². The van der Waals surface area contributed by atoms with E-state index in [0.717, 1.165) is 16.5 Å². The van der Waals surface area contributed by atoms with E-state index in [1.165, 1.54) is 0 Å². The predicted molar refractivity (Wildman–Crippen MR) is 75.3 cm³/mol. The first-order valence-corrected chi connectivity index (χ1v) is 6.79. The number of oxime groups is 1. The summed E-state index contributed by atoms with van der Waals surface area (Å²) in [5, 5.41) is 3.93. The largest absolute Gasteiger partial charge is 0.390 e. The van der Waals surface area contributed by atoms with Crippen molar-refractivity contribution in [3.8, 4) is 0 Å². The number of halogens is 1. The van der Waals surface area contributed by atoms with Gasteiger partial charge in [0, 0.05) is 6.42 Å². The number of nitrogens with two attached hydrogens (primary N) is 1. The summed E-state index contributed by atoms with van der Waals surface area (Å²) in [4.78, 5) is 20.7. The SMILES string of the molecule is CC[C@H]1O[C@@H](n2cc(F)c(N)nc2=O)CC1ON=C(C)C. The molecule has 0 aromatic carbocycles. The Morgan fingerprint density at radius 1 is 1.67 bits per heavy atom. The quantitative estimate of drug-likeness (QED) is 0.671. The van der Waals surface area contributed by atoms with Gasteiger partial charge in [0.05, 0.1) is 18.0 Å². The first-order valence-electron chi connectivity index (χ1n) is 6.79. The Morgan fingerprint density at radius 2 is 2.38 bits per heavy atom. The Morgan fingerprint density at radius 3 is 3.00 bits per heavy atom. The van der Waals surface area contributed by atoms with E-state index in [4.69, 9.17) is 15.3 Å². The van der Waals surface area contributed by atoms with Gasteiger partial charge in [0.1, 0.15) is 6.23 Å². The molecule has 1 aromatic rings. The zero-order chi connectivity index (χ0) is 15.6. The van der Waals surface area contributed by atoms with E-state index in [9.17, 15) is 9.18 Å². The van der Waals surface area contributed by atoms with Gasteiger partial charge >= 0.3 is 5.69 Å². The van der Waals surface area contributed by atoms with Crippen LogP contribution < -0.4 is 11.4 Å². The molecule has 1 aromatic heterocycles. The molecule has 116 valence electrons. The third-order valence-electron chi connectivity index (χ3n) is 3.20. The lowest BCUT2D eigenvalue weighted by molar-refractivity contribution is -0.0398. The highest BCUT2D eigenvalue weighted by molar-refractivity contribution is 5.78. The second-order valence-electron chi connectivity index (χ2n) is 5.12. The first-order chi connectivity index (χ1) is 9.92.